The summed E-state index contributed by atoms with van der Waals surface area (Å²) in [7, 11) is 0. The molecule has 0 aliphatic carbocycles. The Hall–Kier alpha value is -3.09. The maximum Gasteiger partial charge on any atom is 0.231 e. The lowest BCUT2D eigenvalue weighted by molar-refractivity contribution is -0.137. The number of carbonyl (C=O) groups is 1. The van der Waals surface area contributed by atoms with Crippen LogP contribution in [0, 0.1) is 11.7 Å². The molecular weight excluding hydrogens is 375 g/mol. The SMILES string of the molecule is CC(C)C(=O)N(Cc1ccccc1F)CC1CC(c2ccc3c(c2)OCO3)=NO1. The summed E-state index contributed by atoms with van der Waals surface area (Å²) in [5.74, 6) is 0.831. The van der Waals surface area contributed by atoms with E-state index in [0.29, 0.717) is 30.0 Å². The molecule has 0 saturated carbocycles. The highest BCUT2D eigenvalue weighted by Crippen LogP contribution is 2.33. The van der Waals surface area contributed by atoms with E-state index in [9.17, 15) is 9.18 Å². The molecule has 2 aromatic rings. The van der Waals surface area contributed by atoms with Crippen molar-refractivity contribution in [1.82, 2.24) is 4.90 Å². The Kier molecular flexibility index (Phi) is 5.38. The first kappa shape index (κ1) is 19.2. The van der Waals surface area contributed by atoms with Gasteiger partial charge in [-0.25, -0.2) is 4.39 Å². The van der Waals surface area contributed by atoms with Crippen LogP contribution in [0.25, 0.3) is 0 Å². The molecule has 0 fully saturated rings. The van der Waals surface area contributed by atoms with Gasteiger partial charge in [-0.1, -0.05) is 37.2 Å². The Balaban J connectivity index is 1.45. The van der Waals surface area contributed by atoms with Gasteiger partial charge >= 0.3 is 0 Å². The Labute approximate surface area is 168 Å². The van der Waals surface area contributed by atoms with Gasteiger partial charge in [0.2, 0.25) is 12.7 Å². The highest BCUT2D eigenvalue weighted by atomic mass is 19.1. The predicted molar refractivity (Wildman–Crippen MR) is 105 cm³/mol. The van der Waals surface area contributed by atoms with E-state index in [1.165, 1.54) is 6.07 Å². The van der Waals surface area contributed by atoms with E-state index < -0.39 is 0 Å². The molecule has 1 atom stereocenters. The summed E-state index contributed by atoms with van der Waals surface area (Å²) in [6.45, 7) is 4.42. The molecule has 0 saturated heterocycles. The zero-order valence-electron chi connectivity index (χ0n) is 16.4. The molecule has 2 aliphatic rings. The van der Waals surface area contributed by atoms with E-state index in [4.69, 9.17) is 14.3 Å². The molecular formula is C22H23FN2O4. The van der Waals surface area contributed by atoms with Gasteiger partial charge in [0.15, 0.2) is 17.6 Å². The molecule has 7 heteroatoms. The zero-order valence-corrected chi connectivity index (χ0v) is 16.4. The van der Waals surface area contributed by atoms with E-state index in [1.54, 1.807) is 23.1 Å². The third kappa shape index (κ3) is 4.18. The van der Waals surface area contributed by atoms with Crippen molar-refractivity contribution < 1.29 is 23.5 Å². The molecule has 2 aliphatic heterocycles. The smallest absolute Gasteiger partial charge is 0.231 e. The number of hydrogen-bond acceptors (Lipinski definition) is 5. The van der Waals surface area contributed by atoms with Crippen molar-refractivity contribution in [1.29, 1.82) is 0 Å². The fraction of sp³-hybridized carbons (Fsp3) is 0.364. The highest BCUT2D eigenvalue weighted by molar-refractivity contribution is 6.01. The first-order chi connectivity index (χ1) is 14.0. The second-order valence-electron chi connectivity index (χ2n) is 7.50. The molecule has 29 heavy (non-hydrogen) atoms. The van der Waals surface area contributed by atoms with Crippen LogP contribution in [0.5, 0.6) is 11.5 Å². The molecule has 0 radical (unpaired) electrons. The topological polar surface area (TPSA) is 60.4 Å². The second-order valence-corrected chi connectivity index (χ2v) is 7.50. The minimum Gasteiger partial charge on any atom is -0.454 e. The van der Waals surface area contributed by atoms with Crippen molar-refractivity contribution in [3.63, 3.8) is 0 Å². The number of rotatable bonds is 6. The molecule has 6 nitrogen and oxygen atoms in total. The number of carbonyl (C=O) groups excluding carboxylic acids is 1. The van der Waals surface area contributed by atoms with E-state index in [-0.39, 0.29) is 37.1 Å². The van der Waals surface area contributed by atoms with Crippen LogP contribution in [0.15, 0.2) is 47.6 Å². The van der Waals surface area contributed by atoms with Crippen molar-refractivity contribution in [3.05, 3.63) is 59.4 Å². The van der Waals surface area contributed by atoms with Crippen LogP contribution in [0.3, 0.4) is 0 Å². The third-order valence-corrected chi connectivity index (χ3v) is 4.99. The average molecular weight is 398 g/mol. The van der Waals surface area contributed by atoms with Crippen molar-refractivity contribution >= 4 is 11.6 Å². The van der Waals surface area contributed by atoms with Crippen LogP contribution in [0.1, 0.15) is 31.4 Å². The lowest BCUT2D eigenvalue weighted by atomic mass is 10.0. The lowest BCUT2D eigenvalue weighted by Crippen LogP contribution is -2.39. The Morgan fingerprint density at radius 2 is 2.00 bits per heavy atom. The third-order valence-electron chi connectivity index (χ3n) is 4.99. The van der Waals surface area contributed by atoms with Gasteiger partial charge in [-0.15, -0.1) is 0 Å². The average Bonchev–Trinajstić information content (AvgIpc) is 3.37. The molecule has 2 heterocycles. The summed E-state index contributed by atoms with van der Waals surface area (Å²) in [6, 6.07) is 12.1. The Morgan fingerprint density at radius 1 is 1.21 bits per heavy atom. The Morgan fingerprint density at radius 3 is 2.79 bits per heavy atom. The number of oxime groups is 1. The number of nitrogens with zero attached hydrogens (tertiary/aromatic N) is 2. The summed E-state index contributed by atoms with van der Waals surface area (Å²) in [6.07, 6.45) is 0.267. The van der Waals surface area contributed by atoms with E-state index in [0.717, 1.165) is 11.3 Å². The van der Waals surface area contributed by atoms with Gasteiger partial charge < -0.3 is 19.2 Å². The summed E-state index contributed by atoms with van der Waals surface area (Å²) in [4.78, 5) is 19.9. The number of hydrogen-bond donors (Lipinski definition) is 0. The standard InChI is InChI=1S/C22H23FN2O4/c1-14(2)22(26)25(11-16-5-3-4-6-18(16)23)12-17-10-19(24-29-17)15-7-8-20-21(9-15)28-13-27-20/h3-9,14,17H,10-13H2,1-2H3. The monoisotopic (exact) mass is 398 g/mol. The molecule has 4 rings (SSSR count). The first-order valence-corrected chi connectivity index (χ1v) is 9.66. The van der Waals surface area contributed by atoms with Crippen LogP contribution in [0.4, 0.5) is 4.39 Å². The van der Waals surface area contributed by atoms with E-state index in [2.05, 4.69) is 5.16 Å². The lowest BCUT2D eigenvalue weighted by Gasteiger charge is -2.26. The van der Waals surface area contributed by atoms with Gasteiger partial charge in [-0.05, 0) is 24.3 Å². The van der Waals surface area contributed by atoms with Crippen LogP contribution in [-0.2, 0) is 16.2 Å². The number of fused-ring (bicyclic) bond motifs is 1. The number of amides is 1. The summed E-state index contributed by atoms with van der Waals surface area (Å²) in [5.41, 5.74) is 2.17. The minimum atomic E-state index is -0.321. The maximum atomic E-state index is 14.1. The molecule has 0 spiro atoms. The normalized spacial score (nSPS) is 17.2. The maximum absolute atomic E-state index is 14.1. The van der Waals surface area contributed by atoms with Gasteiger partial charge in [0.05, 0.1) is 12.3 Å². The predicted octanol–water partition coefficient (Wildman–Crippen LogP) is 3.73. The Bertz CT molecular complexity index is 944. The molecule has 1 unspecified atom stereocenters. The number of halogens is 1. The quantitative estimate of drug-likeness (QED) is 0.744. The van der Waals surface area contributed by atoms with Gasteiger partial charge in [-0.3, -0.25) is 4.79 Å². The van der Waals surface area contributed by atoms with Crippen molar-refractivity contribution in [3.8, 4) is 11.5 Å². The second kappa shape index (κ2) is 8.11. The molecule has 1 amide bonds. The molecule has 152 valence electrons. The summed E-state index contributed by atoms with van der Waals surface area (Å²) >= 11 is 0. The number of ether oxygens (including phenoxy) is 2. The summed E-state index contributed by atoms with van der Waals surface area (Å²) < 4.78 is 24.9. The van der Waals surface area contributed by atoms with Gasteiger partial charge in [0.1, 0.15) is 5.82 Å². The fourth-order valence-corrected chi connectivity index (χ4v) is 3.45. The van der Waals surface area contributed by atoms with Crippen molar-refractivity contribution in [2.24, 2.45) is 11.1 Å². The largest absolute Gasteiger partial charge is 0.454 e. The van der Waals surface area contributed by atoms with E-state index in [1.807, 2.05) is 32.0 Å². The first-order valence-electron chi connectivity index (χ1n) is 9.66. The van der Waals surface area contributed by atoms with Crippen LogP contribution < -0.4 is 9.47 Å². The van der Waals surface area contributed by atoms with Crippen LogP contribution >= 0.6 is 0 Å². The van der Waals surface area contributed by atoms with Crippen LogP contribution in [0.2, 0.25) is 0 Å². The molecule has 2 aromatic carbocycles. The molecule has 0 bridgehead atoms. The van der Waals surface area contributed by atoms with Gasteiger partial charge in [0.25, 0.3) is 0 Å². The zero-order chi connectivity index (χ0) is 20.4. The van der Waals surface area contributed by atoms with Crippen LogP contribution in [-0.4, -0.2) is 36.0 Å². The molecule has 0 aromatic heterocycles. The van der Waals surface area contributed by atoms with Gasteiger partial charge in [0, 0.05) is 30.0 Å². The van der Waals surface area contributed by atoms with Crippen molar-refractivity contribution in [2.45, 2.75) is 32.9 Å². The summed E-state index contributed by atoms with van der Waals surface area (Å²) in [5, 5.41) is 4.20. The van der Waals surface area contributed by atoms with Crippen molar-refractivity contribution in [2.75, 3.05) is 13.3 Å². The number of benzene rings is 2. The minimum absolute atomic E-state index is 0.0478. The molecule has 0 N–H and O–H groups in total. The van der Waals surface area contributed by atoms with Gasteiger partial charge in [-0.2, -0.15) is 0 Å². The highest BCUT2D eigenvalue weighted by Gasteiger charge is 2.29. The van der Waals surface area contributed by atoms with E-state index >= 15 is 0 Å². The fourth-order valence-electron chi connectivity index (χ4n) is 3.45.